The molecule has 0 saturated heterocycles. The van der Waals surface area contributed by atoms with Crippen LogP contribution in [0.4, 0.5) is 5.69 Å². The van der Waals surface area contributed by atoms with Gasteiger partial charge < -0.3 is 4.90 Å². The van der Waals surface area contributed by atoms with Crippen molar-refractivity contribution >= 4 is 11.5 Å². The summed E-state index contributed by atoms with van der Waals surface area (Å²) in [5.41, 5.74) is 3.17. The minimum absolute atomic E-state index is 0.258. The number of ketones is 1. The van der Waals surface area contributed by atoms with Gasteiger partial charge >= 0.3 is 0 Å². The molecule has 96 valence electrons. The first-order valence-corrected chi connectivity index (χ1v) is 6.61. The zero-order valence-electron chi connectivity index (χ0n) is 10.7. The minimum Gasteiger partial charge on any atom is -0.370 e. The summed E-state index contributed by atoms with van der Waals surface area (Å²) in [6, 6.07) is 11.9. The number of Topliss-reactive ketones (excluding diaryl/α,β-unsaturated/α-hetero) is 1. The Morgan fingerprint density at radius 1 is 1.16 bits per heavy atom. The fourth-order valence-corrected chi connectivity index (χ4v) is 2.52. The molecule has 3 rings (SSSR count). The SMILES string of the molecule is O=C1CCN(CCc2cccnc2)c2ccccc21. The second kappa shape index (κ2) is 5.22. The molecule has 0 spiro atoms. The highest BCUT2D eigenvalue weighted by Gasteiger charge is 2.21. The summed E-state index contributed by atoms with van der Waals surface area (Å²) < 4.78 is 0. The van der Waals surface area contributed by atoms with Gasteiger partial charge in [0.25, 0.3) is 0 Å². The van der Waals surface area contributed by atoms with Crippen molar-refractivity contribution in [3.05, 3.63) is 59.9 Å². The highest BCUT2D eigenvalue weighted by Crippen LogP contribution is 2.26. The first-order valence-electron chi connectivity index (χ1n) is 6.61. The van der Waals surface area contributed by atoms with E-state index in [0.717, 1.165) is 30.8 Å². The number of anilines is 1. The Morgan fingerprint density at radius 3 is 2.89 bits per heavy atom. The van der Waals surface area contributed by atoms with Gasteiger partial charge in [-0.25, -0.2) is 0 Å². The van der Waals surface area contributed by atoms with E-state index in [1.54, 1.807) is 6.20 Å². The zero-order valence-corrected chi connectivity index (χ0v) is 10.7. The molecule has 0 unspecified atom stereocenters. The van der Waals surface area contributed by atoms with Crippen LogP contribution < -0.4 is 4.90 Å². The number of hydrogen-bond acceptors (Lipinski definition) is 3. The summed E-state index contributed by atoms with van der Waals surface area (Å²) in [5.74, 6) is 0.258. The summed E-state index contributed by atoms with van der Waals surface area (Å²) in [5, 5.41) is 0. The maximum absolute atomic E-state index is 11.9. The highest BCUT2D eigenvalue weighted by atomic mass is 16.1. The molecule has 2 heterocycles. The van der Waals surface area contributed by atoms with Crippen LogP contribution in [0.3, 0.4) is 0 Å². The number of para-hydroxylation sites is 1. The van der Waals surface area contributed by atoms with E-state index in [-0.39, 0.29) is 5.78 Å². The van der Waals surface area contributed by atoms with Gasteiger partial charge in [-0.05, 0) is 30.2 Å². The number of hydrogen-bond donors (Lipinski definition) is 0. The Bertz CT molecular complexity index is 580. The molecule has 2 aromatic rings. The second-order valence-corrected chi connectivity index (χ2v) is 4.79. The number of pyridine rings is 1. The van der Waals surface area contributed by atoms with Gasteiger partial charge in [-0.3, -0.25) is 9.78 Å². The van der Waals surface area contributed by atoms with Crippen LogP contribution in [0.2, 0.25) is 0 Å². The van der Waals surface area contributed by atoms with Gasteiger partial charge in [-0.2, -0.15) is 0 Å². The van der Waals surface area contributed by atoms with Gasteiger partial charge in [0.05, 0.1) is 0 Å². The predicted molar refractivity (Wildman–Crippen MR) is 75.5 cm³/mol. The average molecular weight is 252 g/mol. The van der Waals surface area contributed by atoms with E-state index < -0.39 is 0 Å². The predicted octanol–water partition coefficient (Wildman–Crippen LogP) is 2.72. The lowest BCUT2D eigenvalue weighted by Gasteiger charge is -2.30. The van der Waals surface area contributed by atoms with Gasteiger partial charge in [0.1, 0.15) is 0 Å². The number of rotatable bonds is 3. The van der Waals surface area contributed by atoms with Gasteiger partial charge in [0, 0.05) is 43.2 Å². The van der Waals surface area contributed by atoms with Crippen LogP contribution >= 0.6 is 0 Å². The van der Waals surface area contributed by atoms with Crippen molar-refractivity contribution < 1.29 is 4.79 Å². The van der Waals surface area contributed by atoms with Crippen LogP contribution in [0.15, 0.2) is 48.8 Å². The fraction of sp³-hybridized carbons (Fsp3) is 0.250. The van der Waals surface area contributed by atoms with E-state index in [4.69, 9.17) is 0 Å². The van der Waals surface area contributed by atoms with Crippen molar-refractivity contribution in [2.45, 2.75) is 12.8 Å². The number of benzene rings is 1. The summed E-state index contributed by atoms with van der Waals surface area (Å²) in [7, 11) is 0. The van der Waals surface area contributed by atoms with E-state index in [9.17, 15) is 4.79 Å². The third-order valence-corrected chi connectivity index (χ3v) is 3.55. The molecule has 0 aliphatic carbocycles. The molecule has 3 heteroatoms. The molecule has 0 fully saturated rings. The third-order valence-electron chi connectivity index (χ3n) is 3.55. The number of fused-ring (bicyclic) bond motifs is 1. The van der Waals surface area contributed by atoms with Crippen molar-refractivity contribution in [1.29, 1.82) is 0 Å². The van der Waals surface area contributed by atoms with E-state index in [0.29, 0.717) is 6.42 Å². The van der Waals surface area contributed by atoms with Crippen LogP contribution in [-0.2, 0) is 6.42 Å². The standard InChI is InChI=1S/C16H16N2O/c19-16-8-11-18(15-6-2-1-5-14(15)16)10-7-13-4-3-9-17-12-13/h1-6,9,12H,7-8,10-11H2. The van der Waals surface area contributed by atoms with Crippen LogP contribution in [0.5, 0.6) is 0 Å². The monoisotopic (exact) mass is 252 g/mol. The fourth-order valence-electron chi connectivity index (χ4n) is 2.52. The Labute approximate surface area is 112 Å². The van der Waals surface area contributed by atoms with E-state index in [1.165, 1.54) is 5.56 Å². The Hall–Kier alpha value is -2.16. The molecule has 1 aliphatic heterocycles. The lowest BCUT2D eigenvalue weighted by atomic mass is 10.00. The first kappa shape index (κ1) is 11.9. The molecule has 1 aliphatic rings. The zero-order chi connectivity index (χ0) is 13.1. The Morgan fingerprint density at radius 2 is 2.05 bits per heavy atom. The van der Waals surface area contributed by atoms with Crippen molar-refractivity contribution in [3.8, 4) is 0 Å². The Balaban J connectivity index is 1.76. The smallest absolute Gasteiger partial charge is 0.166 e. The number of aromatic nitrogens is 1. The lowest BCUT2D eigenvalue weighted by Crippen LogP contribution is -2.33. The van der Waals surface area contributed by atoms with Crippen LogP contribution in [0, 0.1) is 0 Å². The molecule has 0 saturated carbocycles. The highest BCUT2D eigenvalue weighted by molar-refractivity contribution is 6.03. The summed E-state index contributed by atoms with van der Waals surface area (Å²) >= 11 is 0. The molecule has 0 bridgehead atoms. The molecule has 0 radical (unpaired) electrons. The number of nitrogens with zero attached hydrogens (tertiary/aromatic N) is 2. The molecule has 3 nitrogen and oxygen atoms in total. The maximum Gasteiger partial charge on any atom is 0.166 e. The van der Waals surface area contributed by atoms with Crippen LogP contribution in [-0.4, -0.2) is 23.9 Å². The van der Waals surface area contributed by atoms with Crippen molar-refractivity contribution in [3.63, 3.8) is 0 Å². The molecule has 0 atom stereocenters. The largest absolute Gasteiger partial charge is 0.370 e. The molecule has 1 aromatic heterocycles. The van der Waals surface area contributed by atoms with E-state index >= 15 is 0 Å². The quantitative estimate of drug-likeness (QED) is 0.842. The molecule has 19 heavy (non-hydrogen) atoms. The number of carbonyl (C=O) groups excluding carboxylic acids is 1. The maximum atomic E-state index is 11.9. The van der Waals surface area contributed by atoms with Crippen LogP contribution in [0.25, 0.3) is 0 Å². The van der Waals surface area contributed by atoms with E-state index in [1.807, 2.05) is 36.5 Å². The molecule has 0 amide bonds. The van der Waals surface area contributed by atoms with Gasteiger partial charge in [0.2, 0.25) is 0 Å². The normalized spacial score (nSPS) is 14.3. The van der Waals surface area contributed by atoms with E-state index in [2.05, 4.69) is 16.0 Å². The topological polar surface area (TPSA) is 33.2 Å². The van der Waals surface area contributed by atoms with Gasteiger partial charge in [-0.1, -0.05) is 18.2 Å². The van der Waals surface area contributed by atoms with Crippen molar-refractivity contribution in [2.75, 3.05) is 18.0 Å². The third kappa shape index (κ3) is 2.50. The average Bonchev–Trinajstić information content (AvgIpc) is 2.48. The lowest BCUT2D eigenvalue weighted by molar-refractivity contribution is 0.0980. The molecule has 1 aromatic carbocycles. The van der Waals surface area contributed by atoms with Gasteiger partial charge in [-0.15, -0.1) is 0 Å². The van der Waals surface area contributed by atoms with Gasteiger partial charge in [0.15, 0.2) is 5.78 Å². The summed E-state index contributed by atoms with van der Waals surface area (Å²) in [6.45, 7) is 1.74. The van der Waals surface area contributed by atoms with Crippen LogP contribution in [0.1, 0.15) is 22.3 Å². The Kier molecular flexibility index (Phi) is 3.27. The molecular weight excluding hydrogens is 236 g/mol. The second-order valence-electron chi connectivity index (χ2n) is 4.79. The molecule has 0 N–H and O–H groups in total. The molecular formula is C16H16N2O. The summed E-state index contributed by atoms with van der Waals surface area (Å²) in [4.78, 5) is 18.3. The first-order chi connectivity index (χ1) is 9.34. The van der Waals surface area contributed by atoms with Crippen molar-refractivity contribution in [1.82, 2.24) is 4.98 Å². The number of carbonyl (C=O) groups is 1. The summed E-state index contributed by atoms with van der Waals surface area (Å²) in [6.07, 6.45) is 5.26. The minimum atomic E-state index is 0.258. The van der Waals surface area contributed by atoms with Crippen molar-refractivity contribution in [2.24, 2.45) is 0 Å².